The molecule has 1 aliphatic rings. The average molecular weight is 309 g/mol. The summed E-state index contributed by atoms with van der Waals surface area (Å²) in [6, 6.07) is 12.7. The fourth-order valence-electron chi connectivity index (χ4n) is 2.69. The Morgan fingerprint density at radius 1 is 1.09 bits per heavy atom. The number of amides is 1. The Morgan fingerprint density at radius 2 is 1.78 bits per heavy atom. The number of fused-ring (bicyclic) bond motifs is 1. The molecule has 23 heavy (non-hydrogen) atoms. The molecule has 116 valence electrons. The third kappa shape index (κ3) is 2.94. The first-order valence-electron chi connectivity index (χ1n) is 7.17. The number of aromatic hydroxyl groups is 1. The van der Waals surface area contributed by atoms with Crippen LogP contribution in [0.5, 0.6) is 5.75 Å². The van der Waals surface area contributed by atoms with Gasteiger partial charge in [-0.3, -0.25) is 9.69 Å². The van der Waals surface area contributed by atoms with Gasteiger partial charge in [-0.25, -0.2) is 4.79 Å². The smallest absolute Gasteiger partial charge is 0.327 e. The van der Waals surface area contributed by atoms with E-state index in [1.807, 2.05) is 12.1 Å². The van der Waals surface area contributed by atoms with E-state index in [-0.39, 0.29) is 11.7 Å². The number of rotatable bonds is 3. The summed E-state index contributed by atoms with van der Waals surface area (Å²) < 4.78 is 0. The molecule has 5 heteroatoms. The number of phenolic OH excluding ortho intramolecular Hbond substituents is 1. The minimum atomic E-state index is -1.02. The van der Waals surface area contributed by atoms with E-state index in [0.717, 1.165) is 11.1 Å². The van der Waals surface area contributed by atoms with E-state index in [1.54, 1.807) is 30.3 Å². The van der Waals surface area contributed by atoms with Crippen LogP contribution in [0.15, 0.2) is 54.6 Å². The average Bonchev–Trinajstić information content (AvgIpc) is 2.94. The zero-order chi connectivity index (χ0) is 16.4. The van der Waals surface area contributed by atoms with E-state index in [9.17, 15) is 19.8 Å². The largest absolute Gasteiger partial charge is 0.508 e. The predicted molar refractivity (Wildman–Crippen MR) is 86.2 cm³/mol. The summed E-state index contributed by atoms with van der Waals surface area (Å²) in [6.07, 6.45) is 3.26. The number of benzene rings is 2. The van der Waals surface area contributed by atoms with Gasteiger partial charge in [0.05, 0.1) is 0 Å². The Kier molecular flexibility index (Phi) is 3.85. The lowest BCUT2D eigenvalue weighted by Gasteiger charge is -2.20. The van der Waals surface area contributed by atoms with Crippen molar-refractivity contribution < 1.29 is 19.8 Å². The summed E-state index contributed by atoms with van der Waals surface area (Å²) in [5, 5.41) is 18.6. The second-order valence-electron chi connectivity index (χ2n) is 5.32. The van der Waals surface area contributed by atoms with E-state index in [2.05, 4.69) is 0 Å². The lowest BCUT2D eigenvalue weighted by molar-refractivity contribution is -0.139. The van der Waals surface area contributed by atoms with Gasteiger partial charge in [-0.1, -0.05) is 30.3 Å². The molecular weight excluding hydrogens is 294 g/mol. The number of aliphatic carboxylic acids is 1. The van der Waals surface area contributed by atoms with E-state index in [1.165, 1.54) is 23.1 Å². The molecule has 0 aliphatic carbocycles. The third-order valence-corrected chi connectivity index (χ3v) is 3.81. The van der Waals surface area contributed by atoms with Crippen LogP contribution < -0.4 is 4.90 Å². The zero-order valence-electron chi connectivity index (χ0n) is 12.2. The van der Waals surface area contributed by atoms with E-state index >= 15 is 0 Å². The van der Waals surface area contributed by atoms with Crippen molar-refractivity contribution in [1.82, 2.24) is 0 Å². The number of para-hydroxylation sites is 1. The minimum Gasteiger partial charge on any atom is -0.508 e. The van der Waals surface area contributed by atoms with E-state index < -0.39 is 12.0 Å². The number of carbonyl (C=O) groups excluding carboxylic acids is 1. The Morgan fingerprint density at radius 3 is 2.48 bits per heavy atom. The van der Waals surface area contributed by atoms with Crippen LogP contribution in [0.2, 0.25) is 0 Å². The van der Waals surface area contributed by atoms with Crippen molar-refractivity contribution in [1.29, 1.82) is 0 Å². The van der Waals surface area contributed by atoms with Crippen molar-refractivity contribution in [3.05, 3.63) is 65.7 Å². The monoisotopic (exact) mass is 309 g/mol. The lowest BCUT2D eigenvalue weighted by Crippen LogP contribution is -2.42. The molecule has 0 saturated carbocycles. The first kappa shape index (κ1) is 14.8. The maximum absolute atomic E-state index is 12.5. The van der Waals surface area contributed by atoms with Gasteiger partial charge in [-0.15, -0.1) is 0 Å². The first-order chi connectivity index (χ1) is 11.1. The SMILES string of the molecule is O=C(O)[C@H]1Cc2ccccc2N1C(=O)/C=C/c1ccc(O)cc1. The number of carbonyl (C=O) groups is 2. The van der Waals surface area contributed by atoms with Crippen LogP contribution >= 0.6 is 0 Å². The fraction of sp³-hybridized carbons (Fsp3) is 0.111. The van der Waals surface area contributed by atoms with Crippen molar-refractivity contribution in [2.45, 2.75) is 12.5 Å². The molecule has 2 aromatic carbocycles. The molecule has 1 amide bonds. The van der Waals surface area contributed by atoms with Crippen molar-refractivity contribution >= 4 is 23.6 Å². The lowest BCUT2D eigenvalue weighted by atomic mass is 10.1. The maximum atomic E-state index is 12.5. The molecule has 0 unspecified atom stereocenters. The normalized spacial score (nSPS) is 16.5. The second kappa shape index (κ2) is 5.96. The number of phenols is 1. The van der Waals surface area contributed by atoms with E-state index in [0.29, 0.717) is 12.1 Å². The van der Waals surface area contributed by atoms with Gasteiger partial charge in [0.25, 0.3) is 5.91 Å². The molecule has 0 saturated heterocycles. The Bertz CT molecular complexity index is 780. The van der Waals surface area contributed by atoms with Gasteiger partial charge in [0.1, 0.15) is 11.8 Å². The summed E-state index contributed by atoms with van der Waals surface area (Å²) in [5.41, 5.74) is 2.24. The number of carboxylic acid groups (broad SMARTS) is 1. The van der Waals surface area contributed by atoms with Gasteiger partial charge in [0.2, 0.25) is 0 Å². The highest BCUT2D eigenvalue weighted by Gasteiger charge is 2.37. The summed E-state index contributed by atoms with van der Waals surface area (Å²) in [7, 11) is 0. The highest BCUT2D eigenvalue weighted by molar-refractivity contribution is 6.09. The number of hydrogen-bond acceptors (Lipinski definition) is 3. The van der Waals surface area contributed by atoms with Gasteiger partial charge < -0.3 is 10.2 Å². The minimum absolute atomic E-state index is 0.146. The molecule has 1 heterocycles. The Labute approximate surface area is 133 Å². The summed E-state index contributed by atoms with van der Waals surface area (Å²) >= 11 is 0. The first-order valence-corrected chi connectivity index (χ1v) is 7.17. The molecule has 5 nitrogen and oxygen atoms in total. The van der Waals surface area contributed by atoms with Gasteiger partial charge in [-0.05, 0) is 35.4 Å². The highest BCUT2D eigenvalue weighted by Crippen LogP contribution is 2.32. The van der Waals surface area contributed by atoms with Gasteiger partial charge >= 0.3 is 5.97 Å². The van der Waals surface area contributed by atoms with Crippen molar-refractivity contribution in [3.63, 3.8) is 0 Å². The molecule has 3 rings (SSSR count). The molecule has 0 bridgehead atoms. The van der Waals surface area contributed by atoms with Crippen LogP contribution in [0, 0.1) is 0 Å². The fourth-order valence-corrected chi connectivity index (χ4v) is 2.69. The Balaban J connectivity index is 1.87. The second-order valence-corrected chi connectivity index (χ2v) is 5.32. The maximum Gasteiger partial charge on any atom is 0.327 e. The Hall–Kier alpha value is -3.08. The highest BCUT2D eigenvalue weighted by atomic mass is 16.4. The molecule has 2 N–H and O–H groups in total. The summed E-state index contributed by atoms with van der Waals surface area (Å²) in [6.45, 7) is 0. The van der Waals surface area contributed by atoms with Crippen LogP contribution in [0.1, 0.15) is 11.1 Å². The number of hydrogen-bond donors (Lipinski definition) is 2. The standard InChI is InChI=1S/C18H15NO4/c20-14-8-5-12(6-9-14)7-10-17(21)19-15-4-2-1-3-13(15)11-16(19)18(22)23/h1-10,16,20H,11H2,(H,22,23)/b10-7+/t16-/m1/s1. The van der Waals surface area contributed by atoms with E-state index in [4.69, 9.17) is 0 Å². The van der Waals surface area contributed by atoms with Gasteiger partial charge in [0.15, 0.2) is 0 Å². The summed E-state index contributed by atoms with van der Waals surface area (Å²) in [4.78, 5) is 25.3. The molecule has 1 aliphatic heterocycles. The number of nitrogens with zero attached hydrogens (tertiary/aromatic N) is 1. The molecule has 2 aromatic rings. The molecule has 1 atom stereocenters. The molecule has 0 spiro atoms. The molecule has 0 fully saturated rings. The van der Waals surface area contributed by atoms with Crippen LogP contribution in [0.4, 0.5) is 5.69 Å². The van der Waals surface area contributed by atoms with Crippen LogP contribution in [-0.4, -0.2) is 28.1 Å². The predicted octanol–water partition coefficient (Wildman–Crippen LogP) is 2.45. The molecule has 0 radical (unpaired) electrons. The van der Waals surface area contributed by atoms with Crippen LogP contribution in [0.25, 0.3) is 6.08 Å². The van der Waals surface area contributed by atoms with Gasteiger partial charge in [-0.2, -0.15) is 0 Å². The topological polar surface area (TPSA) is 77.8 Å². The van der Waals surface area contributed by atoms with Crippen LogP contribution in [0.3, 0.4) is 0 Å². The van der Waals surface area contributed by atoms with Crippen molar-refractivity contribution in [2.75, 3.05) is 4.90 Å². The van der Waals surface area contributed by atoms with Crippen LogP contribution in [-0.2, 0) is 16.0 Å². The number of anilines is 1. The zero-order valence-corrected chi connectivity index (χ0v) is 12.2. The van der Waals surface area contributed by atoms with Crippen molar-refractivity contribution in [3.8, 4) is 5.75 Å². The molecule has 0 aromatic heterocycles. The van der Waals surface area contributed by atoms with Crippen molar-refractivity contribution in [2.24, 2.45) is 0 Å². The summed E-state index contributed by atoms with van der Waals surface area (Å²) in [5.74, 6) is -1.25. The molecular formula is C18H15NO4. The third-order valence-electron chi connectivity index (χ3n) is 3.81. The quantitative estimate of drug-likeness (QED) is 0.854. The number of carboxylic acids is 1. The van der Waals surface area contributed by atoms with Gasteiger partial charge in [0, 0.05) is 18.2 Å².